The van der Waals surface area contributed by atoms with E-state index in [4.69, 9.17) is 16.7 Å². The summed E-state index contributed by atoms with van der Waals surface area (Å²) in [6.07, 6.45) is 4.79. The van der Waals surface area contributed by atoms with Gasteiger partial charge in [0, 0.05) is 13.1 Å². The summed E-state index contributed by atoms with van der Waals surface area (Å²) in [4.78, 5) is 12.8. The van der Waals surface area contributed by atoms with Crippen LogP contribution in [0.15, 0.2) is 24.3 Å². The molecule has 0 atom stereocenters. The quantitative estimate of drug-likeness (QED) is 0.691. The molecule has 0 spiro atoms. The summed E-state index contributed by atoms with van der Waals surface area (Å²) in [5.41, 5.74) is 0.932. The van der Waals surface area contributed by atoms with E-state index in [1.807, 2.05) is 24.3 Å². The summed E-state index contributed by atoms with van der Waals surface area (Å²) >= 11 is 6.19. The third-order valence-corrected chi connectivity index (χ3v) is 3.39. The molecule has 106 valence electrons. The van der Waals surface area contributed by atoms with Crippen LogP contribution in [0.25, 0.3) is 0 Å². The Balaban J connectivity index is 2.63. The van der Waals surface area contributed by atoms with Gasteiger partial charge < -0.3 is 10.0 Å². The van der Waals surface area contributed by atoms with E-state index < -0.39 is 5.97 Å². The van der Waals surface area contributed by atoms with Crippen molar-refractivity contribution in [1.82, 2.24) is 0 Å². The number of benzene rings is 1. The van der Waals surface area contributed by atoms with Crippen molar-refractivity contribution in [2.24, 2.45) is 0 Å². The van der Waals surface area contributed by atoms with Gasteiger partial charge in [-0.1, -0.05) is 49.9 Å². The lowest BCUT2D eigenvalue weighted by atomic mass is 10.2. The number of carbonyl (C=O) groups is 1. The fraction of sp³-hybridized carbons (Fsp3) is 0.533. The molecule has 0 saturated heterocycles. The molecule has 0 aliphatic heterocycles. The maximum absolute atomic E-state index is 10.7. The predicted octanol–water partition coefficient (Wildman–Crippen LogP) is 4.20. The van der Waals surface area contributed by atoms with Gasteiger partial charge in [0.1, 0.15) is 0 Å². The number of rotatable bonds is 9. The number of nitrogens with zero attached hydrogens (tertiary/aromatic N) is 1. The normalized spacial score (nSPS) is 10.4. The van der Waals surface area contributed by atoms with E-state index in [-0.39, 0.29) is 6.42 Å². The van der Waals surface area contributed by atoms with Gasteiger partial charge >= 0.3 is 5.97 Å². The second kappa shape index (κ2) is 8.81. The smallest absolute Gasteiger partial charge is 0.305 e. The van der Waals surface area contributed by atoms with Gasteiger partial charge in [0.05, 0.1) is 17.1 Å². The molecule has 4 heteroatoms. The van der Waals surface area contributed by atoms with Gasteiger partial charge in [-0.3, -0.25) is 4.79 Å². The third-order valence-electron chi connectivity index (χ3n) is 3.07. The molecule has 1 rings (SSSR count). The van der Waals surface area contributed by atoms with Gasteiger partial charge in [-0.25, -0.2) is 0 Å². The zero-order valence-electron chi connectivity index (χ0n) is 11.4. The Morgan fingerprint density at radius 1 is 1.21 bits per heavy atom. The number of unbranched alkanes of at least 4 members (excludes halogenated alkanes) is 3. The number of aliphatic carboxylic acids is 1. The number of carboxylic acid groups (broad SMARTS) is 1. The molecular weight excluding hydrogens is 262 g/mol. The van der Waals surface area contributed by atoms with Crippen LogP contribution in [0.4, 0.5) is 5.69 Å². The summed E-state index contributed by atoms with van der Waals surface area (Å²) in [5, 5.41) is 9.51. The highest BCUT2D eigenvalue weighted by Gasteiger charge is 2.11. The second-order valence-corrected chi connectivity index (χ2v) is 5.05. The summed E-state index contributed by atoms with van der Waals surface area (Å²) in [6, 6.07) is 7.61. The average Bonchev–Trinajstić information content (AvgIpc) is 2.39. The first kappa shape index (κ1) is 15.8. The van der Waals surface area contributed by atoms with Crippen LogP contribution < -0.4 is 4.90 Å². The number of carboxylic acids is 1. The Morgan fingerprint density at radius 2 is 1.95 bits per heavy atom. The van der Waals surface area contributed by atoms with Crippen LogP contribution in [0.3, 0.4) is 0 Å². The first-order valence-corrected chi connectivity index (χ1v) is 7.24. The molecule has 0 fully saturated rings. The molecular formula is C15H22ClNO2. The number of para-hydroxylation sites is 1. The fourth-order valence-electron chi connectivity index (χ4n) is 2.02. The molecule has 0 aromatic heterocycles. The molecule has 1 aromatic rings. The van der Waals surface area contributed by atoms with Crippen molar-refractivity contribution in [1.29, 1.82) is 0 Å². The Morgan fingerprint density at radius 3 is 2.58 bits per heavy atom. The van der Waals surface area contributed by atoms with Gasteiger partial charge in [-0.15, -0.1) is 0 Å². The predicted molar refractivity (Wildman–Crippen MR) is 80.1 cm³/mol. The zero-order valence-corrected chi connectivity index (χ0v) is 12.2. The maximum Gasteiger partial charge on any atom is 0.305 e. The van der Waals surface area contributed by atoms with Crippen LogP contribution in [0.1, 0.15) is 39.0 Å². The number of hydrogen-bond donors (Lipinski definition) is 1. The van der Waals surface area contributed by atoms with Gasteiger partial charge in [0.25, 0.3) is 0 Å². The van der Waals surface area contributed by atoms with E-state index in [1.165, 1.54) is 19.3 Å². The number of anilines is 1. The maximum atomic E-state index is 10.7. The lowest BCUT2D eigenvalue weighted by Gasteiger charge is -2.25. The van der Waals surface area contributed by atoms with Gasteiger partial charge in [0.15, 0.2) is 0 Å². The molecule has 1 N–H and O–H groups in total. The van der Waals surface area contributed by atoms with Crippen LogP contribution in [0, 0.1) is 0 Å². The third kappa shape index (κ3) is 5.97. The molecule has 0 aliphatic rings. The average molecular weight is 284 g/mol. The molecule has 19 heavy (non-hydrogen) atoms. The minimum Gasteiger partial charge on any atom is -0.481 e. The highest BCUT2D eigenvalue weighted by atomic mass is 35.5. The van der Waals surface area contributed by atoms with Crippen molar-refractivity contribution in [3.63, 3.8) is 0 Å². The van der Waals surface area contributed by atoms with E-state index in [0.29, 0.717) is 11.6 Å². The number of halogens is 1. The number of hydrogen-bond acceptors (Lipinski definition) is 2. The Labute approximate surface area is 120 Å². The van der Waals surface area contributed by atoms with E-state index in [9.17, 15) is 4.79 Å². The first-order valence-electron chi connectivity index (χ1n) is 6.86. The highest BCUT2D eigenvalue weighted by Crippen LogP contribution is 2.25. The van der Waals surface area contributed by atoms with Gasteiger partial charge in [0.2, 0.25) is 0 Å². The van der Waals surface area contributed by atoms with Crippen LogP contribution in [-0.2, 0) is 4.79 Å². The van der Waals surface area contributed by atoms with Crippen molar-refractivity contribution < 1.29 is 9.90 Å². The standard InChI is InChI=1S/C15H22ClNO2/c1-2-3-4-7-11-17(12-10-15(18)19)14-9-6-5-8-13(14)16/h5-6,8-9H,2-4,7,10-12H2,1H3,(H,18,19). The van der Waals surface area contributed by atoms with E-state index >= 15 is 0 Å². The molecule has 0 radical (unpaired) electrons. The summed E-state index contributed by atoms with van der Waals surface area (Å²) in [6.45, 7) is 3.54. The molecule has 0 heterocycles. The van der Waals surface area contributed by atoms with Crippen molar-refractivity contribution in [3.05, 3.63) is 29.3 Å². The Bertz CT molecular complexity index is 395. The van der Waals surface area contributed by atoms with E-state index in [1.54, 1.807) is 0 Å². The highest BCUT2D eigenvalue weighted by molar-refractivity contribution is 6.33. The summed E-state index contributed by atoms with van der Waals surface area (Å²) in [5.74, 6) is -0.773. The topological polar surface area (TPSA) is 40.5 Å². The van der Waals surface area contributed by atoms with Crippen molar-refractivity contribution in [2.75, 3.05) is 18.0 Å². The van der Waals surface area contributed by atoms with Crippen LogP contribution >= 0.6 is 11.6 Å². The molecule has 0 saturated carbocycles. The monoisotopic (exact) mass is 283 g/mol. The Hall–Kier alpha value is -1.22. The fourth-order valence-corrected chi connectivity index (χ4v) is 2.28. The summed E-state index contributed by atoms with van der Waals surface area (Å²) < 4.78 is 0. The van der Waals surface area contributed by atoms with Gasteiger partial charge in [-0.05, 0) is 18.6 Å². The minimum atomic E-state index is -0.773. The van der Waals surface area contributed by atoms with E-state index in [0.717, 1.165) is 18.7 Å². The van der Waals surface area contributed by atoms with Crippen LogP contribution in [-0.4, -0.2) is 24.2 Å². The van der Waals surface area contributed by atoms with E-state index in [2.05, 4.69) is 11.8 Å². The van der Waals surface area contributed by atoms with Crippen LogP contribution in [0.5, 0.6) is 0 Å². The molecule has 0 bridgehead atoms. The summed E-state index contributed by atoms with van der Waals surface area (Å²) in [7, 11) is 0. The van der Waals surface area contributed by atoms with Crippen molar-refractivity contribution in [3.8, 4) is 0 Å². The van der Waals surface area contributed by atoms with Crippen molar-refractivity contribution in [2.45, 2.75) is 39.0 Å². The second-order valence-electron chi connectivity index (χ2n) is 4.64. The van der Waals surface area contributed by atoms with Crippen LogP contribution in [0.2, 0.25) is 5.02 Å². The Kier molecular flexibility index (Phi) is 7.34. The lowest BCUT2D eigenvalue weighted by molar-refractivity contribution is -0.136. The van der Waals surface area contributed by atoms with Crippen molar-refractivity contribution >= 4 is 23.3 Å². The first-order chi connectivity index (χ1) is 9.15. The molecule has 0 aliphatic carbocycles. The molecule has 0 unspecified atom stereocenters. The molecule has 3 nitrogen and oxygen atoms in total. The molecule has 0 amide bonds. The molecule has 1 aromatic carbocycles. The largest absolute Gasteiger partial charge is 0.481 e. The zero-order chi connectivity index (χ0) is 14.1. The lowest BCUT2D eigenvalue weighted by Crippen LogP contribution is -2.27. The van der Waals surface area contributed by atoms with Gasteiger partial charge in [-0.2, -0.15) is 0 Å². The SMILES string of the molecule is CCCCCCN(CCC(=O)O)c1ccccc1Cl. The minimum absolute atomic E-state index is 0.138.